The van der Waals surface area contributed by atoms with Crippen molar-refractivity contribution in [1.82, 2.24) is 4.90 Å². The fraction of sp³-hybridized carbons (Fsp3) is 0.769. The smallest absolute Gasteiger partial charge is 0.409 e. The number of ether oxygens (including phenoxy) is 1. The maximum atomic E-state index is 11.6. The summed E-state index contributed by atoms with van der Waals surface area (Å²) < 4.78 is 5.54. The maximum Gasteiger partial charge on any atom is 0.409 e. The number of nitrogens with zero attached hydrogens (tertiary/aromatic N) is 1. The molecule has 3 heteroatoms. The number of fused-ring (bicyclic) bond motifs is 5. The lowest BCUT2D eigenvalue weighted by atomic mass is 9.80. The summed E-state index contributed by atoms with van der Waals surface area (Å²) in [6, 6.07) is 0. The number of allylic oxidation sites excluding steroid dienone is 1. The average Bonchev–Trinajstić information content (AvgIpc) is 2.88. The van der Waals surface area contributed by atoms with Gasteiger partial charge in [0.15, 0.2) is 0 Å². The first-order valence-corrected chi connectivity index (χ1v) is 6.23. The van der Waals surface area contributed by atoms with Crippen LogP contribution in [-0.4, -0.2) is 31.2 Å². The minimum absolute atomic E-state index is 0.0372. The second-order valence-corrected chi connectivity index (χ2v) is 5.62. The molecule has 3 nitrogen and oxygen atoms in total. The maximum absolute atomic E-state index is 11.6. The van der Waals surface area contributed by atoms with E-state index < -0.39 is 0 Å². The van der Waals surface area contributed by atoms with E-state index in [2.05, 4.69) is 12.2 Å². The summed E-state index contributed by atoms with van der Waals surface area (Å²) >= 11 is 0. The van der Waals surface area contributed by atoms with Crippen LogP contribution in [0.25, 0.3) is 0 Å². The summed E-state index contributed by atoms with van der Waals surface area (Å²) in [5, 5.41) is 0. The molecule has 88 valence electrons. The van der Waals surface area contributed by atoms with Crippen LogP contribution in [-0.2, 0) is 4.74 Å². The van der Waals surface area contributed by atoms with Gasteiger partial charge in [-0.3, -0.25) is 0 Å². The number of hydrogen-bond acceptors (Lipinski definition) is 2. The van der Waals surface area contributed by atoms with Crippen molar-refractivity contribution in [2.45, 2.75) is 25.4 Å². The molecule has 1 amide bonds. The molecule has 0 spiro atoms. The van der Waals surface area contributed by atoms with Crippen LogP contribution < -0.4 is 0 Å². The summed E-state index contributed by atoms with van der Waals surface area (Å²) in [7, 11) is 3.47. The van der Waals surface area contributed by atoms with Gasteiger partial charge in [0.05, 0.1) is 0 Å². The third kappa shape index (κ3) is 1.37. The molecule has 0 N–H and O–H groups in total. The Labute approximate surface area is 96.4 Å². The Bertz CT molecular complexity index is 337. The number of carbonyl (C=O) groups is 1. The van der Waals surface area contributed by atoms with E-state index >= 15 is 0 Å². The van der Waals surface area contributed by atoms with Crippen LogP contribution in [0.5, 0.6) is 0 Å². The standard InChI is InChI=1S/C13H19NO2/c1-14(2)13(15)16-11-6-5-10-8-3-4-9(7-8)12(10)11/h5-6,8-12H,3-4,7H2,1-2H3/t8?,9?,10?,11-,12?/m1/s1. The van der Waals surface area contributed by atoms with Crippen molar-refractivity contribution < 1.29 is 9.53 Å². The normalized spacial score (nSPS) is 43.5. The van der Waals surface area contributed by atoms with E-state index in [1.54, 1.807) is 14.1 Å². The fourth-order valence-electron chi connectivity index (χ4n) is 3.86. The van der Waals surface area contributed by atoms with E-state index in [0.717, 1.165) is 11.8 Å². The SMILES string of the molecule is CN(C)C(=O)O[C@@H]1C=CC2C3CCC(C3)C21. The topological polar surface area (TPSA) is 29.5 Å². The zero-order valence-electron chi connectivity index (χ0n) is 9.93. The Morgan fingerprint density at radius 1 is 1.25 bits per heavy atom. The highest BCUT2D eigenvalue weighted by Gasteiger charge is 2.52. The molecule has 0 heterocycles. The molecule has 2 bridgehead atoms. The van der Waals surface area contributed by atoms with Gasteiger partial charge in [0.2, 0.25) is 0 Å². The van der Waals surface area contributed by atoms with Crippen molar-refractivity contribution in [2.75, 3.05) is 14.1 Å². The number of rotatable bonds is 1. The molecule has 0 radical (unpaired) electrons. The first-order chi connectivity index (χ1) is 7.66. The van der Waals surface area contributed by atoms with Gasteiger partial charge in [0.25, 0.3) is 0 Å². The summed E-state index contributed by atoms with van der Waals surface area (Å²) in [6.45, 7) is 0. The first-order valence-electron chi connectivity index (χ1n) is 6.23. The van der Waals surface area contributed by atoms with Crippen LogP contribution >= 0.6 is 0 Å². The fourth-order valence-corrected chi connectivity index (χ4v) is 3.86. The van der Waals surface area contributed by atoms with Crippen molar-refractivity contribution >= 4 is 6.09 Å². The van der Waals surface area contributed by atoms with Crippen LogP contribution in [0.4, 0.5) is 4.79 Å². The summed E-state index contributed by atoms with van der Waals surface area (Å²) in [5.41, 5.74) is 0. The highest BCUT2D eigenvalue weighted by atomic mass is 16.6. The lowest BCUT2D eigenvalue weighted by Crippen LogP contribution is -2.33. The van der Waals surface area contributed by atoms with Gasteiger partial charge in [0, 0.05) is 20.0 Å². The molecule has 16 heavy (non-hydrogen) atoms. The second-order valence-electron chi connectivity index (χ2n) is 5.62. The molecule has 0 aromatic rings. The van der Waals surface area contributed by atoms with Gasteiger partial charge in [-0.1, -0.05) is 6.08 Å². The summed E-state index contributed by atoms with van der Waals surface area (Å²) in [6.07, 6.45) is 8.31. The van der Waals surface area contributed by atoms with Crippen molar-refractivity contribution in [3.8, 4) is 0 Å². The molecule has 2 fully saturated rings. The Morgan fingerprint density at radius 3 is 2.75 bits per heavy atom. The molecule has 0 aliphatic heterocycles. The molecular formula is C13H19NO2. The highest BCUT2D eigenvalue weighted by molar-refractivity contribution is 5.67. The molecular weight excluding hydrogens is 202 g/mol. The van der Waals surface area contributed by atoms with E-state index in [1.807, 2.05) is 0 Å². The predicted octanol–water partition coefficient (Wildman–Crippen LogP) is 2.29. The molecule has 0 saturated heterocycles. The van der Waals surface area contributed by atoms with E-state index in [4.69, 9.17) is 4.74 Å². The molecule has 2 saturated carbocycles. The van der Waals surface area contributed by atoms with Crippen molar-refractivity contribution in [3.05, 3.63) is 12.2 Å². The van der Waals surface area contributed by atoms with Crippen LogP contribution in [0.1, 0.15) is 19.3 Å². The first kappa shape index (κ1) is 10.2. The monoisotopic (exact) mass is 221 g/mol. The van der Waals surface area contributed by atoms with Gasteiger partial charge in [-0.05, 0) is 43.1 Å². The molecule has 0 aromatic carbocycles. The quantitative estimate of drug-likeness (QED) is 0.636. The van der Waals surface area contributed by atoms with E-state index in [9.17, 15) is 4.79 Å². The third-order valence-corrected chi connectivity index (χ3v) is 4.55. The average molecular weight is 221 g/mol. The minimum atomic E-state index is -0.210. The summed E-state index contributed by atoms with van der Waals surface area (Å²) in [5.74, 6) is 2.95. The molecule has 0 aromatic heterocycles. The van der Waals surface area contributed by atoms with Gasteiger partial charge in [-0.15, -0.1) is 0 Å². The van der Waals surface area contributed by atoms with Gasteiger partial charge >= 0.3 is 6.09 Å². The van der Waals surface area contributed by atoms with E-state index in [0.29, 0.717) is 11.8 Å². The molecule has 3 aliphatic rings. The van der Waals surface area contributed by atoms with Crippen LogP contribution in [0.15, 0.2) is 12.2 Å². The highest BCUT2D eigenvalue weighted by Crippen LogP contribution is 2.56. The van der Waals surface area contributed by atoms with E-state index in [1.165, 1.54) is 24.2 Å². The van der Waals surface area contributed by atoms with Gasteiger partial charge < -0.3 is 9.64 Å². The van der Waals surface area contributed by atoms with Gasteiger partial charge in [0.1, 0.15) is 6.10 Å². The second kappa shape index (κ2) is 3.51. The number of amides is 1. The Kier molecular flexibility index (Phi) is 2.23. The van der Waals surface area contributed by atoms with Crippen LogP contribution in [0.2, 0.25) is 0 Å². The zero-order valence-corrected chi connectivity index (χ0v) is 9.93. The zero-order chi connectivity index (χ0) is 11.3. The van der Waals surface area contributed by atoms with Crippen molar-refractivity contribution in [1.29, 1.82) is 0 Å². The van der Waals surface area contributed by atoms with Crippen molar-refractivity contribution in [2.24, 2.45) is 23.7 Å². The van der Waals surface area contributed by atoms with E-state index in [-0.39, 0.29) is 12.2 Å². The third-order valence-electron chi connectivity index (χ3n) is 4.55. The van der Waals surface area contributed by atoms with Gasteiger partial charge in [-0.2, -0.15) is 0 Å². The molecule has 4 unspecified atom stereocenters. The van der Waals surface area contributed by atoms with Gasteiger partial charge in [-0.25, -0.2) is 4.79 Å². The Hall–Kier alpha value is -0.990. The minimum Gasteiger partial charge on any atom is -0.442 e. The molecule has 3 aliphatic carbocycles. The number of hydrogen-bond donors (Lipinski definition) is 0. The predicted molar refractivity (Wildman–Crippen MR) is 60.9 cm³/mol. The van der Waals surface area contributed by atoms with Crippen LogP contribution in [0, 0.1) is 23.7 Å². The Morgan fingerprint density at radius 2 is 2.00 bits per heavy atom. The van der Waals surface area contributed by atoms with Crippen molar-refractivity contribution in [3.63, 3.8) is 0 Å². The molecule has 5 atom stereocenters. The lowest BCUT2D eigenvalue weighted by Gasteiger charge is -2.29. The Balaban J connectivity index is 1.70. The largest absolute Gasteiger partial charge is 0.442 e. The summed E-state index contributed by atoms with van der Waals surface area (Å²) in [4.78, 5) is 13.1. The lowest BCUT2D eigenvalue weighted by molar-refractivity contribution is 0.0491. The van der Waals surface area contributed by atoms with Crippen LogP contribution in [0.3, 0.4) is 0 Å². The number of carbonyl (C=O) groups excluding carboxylic acids is 1. The molecule has 3 rings (SSSR count).